The number of carbonyl (C=O) groups is 1. The largest absolute Gasteiger partial charge is 0.397 e. The number of primary amides is 1. The molecule has 6 heteroatoms. The van der Waals surface area contributed by atoms with E-state index in [2.05, 4.69) is 4.90 Å². The molecular weight excluding hydrogens is 238 g/mol. The zero-order chi connectivity index (χ0) is 12.6. The third-order valence-electron chi connectivity index (χ3n) is 2.71. The Morgan fingerprint density at radius 3 is 2.82 bits per heavy atom. The van der Waals surface area contributed by atoms with Gasteiger partial charge in [0.2, 0.25) is 0 Å². The molecule has 1 aromatic heterocycles. The van der Waals surface area contributed by atoms with Crippen molar-refractivity contribution in [1.29, 1.82) is 0 Å². The van der Waals surface area contributed by atoms with Crippen molar-refractivity contribution < 1.29 is 9.53 Å². The van der Waals surface area contributed by atoms with Crippen molar-refractivity contribution in [3.8, 4) is 0 Å². The zero-order valence-electron chi connectivity index (χ0n) is 10.0. The van der Waals surface area contributed by atoms with Gasteiger partial charge in [0.1, 0.15) is 4.88 Å². The number of thiophene rings is 1. The number of ether oxygens (including phenoxy) is 1. The lowest BCUT2D eigenvalue weighted by molar-refractivity contribution is -0.0275. The number of nitrogen functional groups attached to an aromatic ring is 1. The van der Waals surface area contributed by atoms with Crippen LogP contribution in [0.3, 0.4) is 0 Å². The molecule has 2 rings (SSSR count). The van der Waals surface area contributed by atoms with Crippen LogP contribution in [0.2, 0.25) is 0 Å². The molecule has 17 heavy (non-hydrogen) atoms. The van der Waals surface area contributed by atoms with Gasteiger partial charge < -0.3 is 21.1 Å². The monoisotopic (exact) mass is 255 g/mol. The molecule has 0 bridgehead atoms. The van der Waals surface area contributed by atoms with Gasteiger partial charge in [0.05, 0.1) is 22.9 Å². The number of nitrogens with two attached hydrogens (primary N) is 2. The quantitative estimate of drug-likeness (QED) is 0.827. The fraction of sp³-hybridized carbons (Fsp3) is 0.545. The molecule has 0 radical (unpaired) electrons. The predicted octanol–water partition coefficient (Wildman–Crippen LogP) is 1.04. The van der Waals surface area contributed by atoms with E-state index in [4.69, 9.17) is 16.2 Å². The second-order valence-corrected chi connectivity index (χ2v) is 5.79. The lowest BCUT2D eigenvalue weighted by Crippen LogP contribution is -2.48. The average molecular weight is 255 g/mol. The van der Waals surface area contributed by atoms with Gasteiger partial charge in [0, 0.05) is 13.1 Å². The Hall–Kier alpha value is -1.27. The number of nitrogens with zero attached hydrogens (tertiary/aromatic N) is 1. The highest BCUT2D eigenvalue weighted by Gasteiger charge is 2.28. The molecule has 0 unspecified atom stereocenters. The Labute approximate surface area is 104 Å². The minimum atomic E-state index is -0.466. The molecule has 1 aliphatic heterocycles. The third-order valence-corrected chi connectivity index (χ3v) is 3.94. The fourth-order valence-corrected chi connectivity index (χ4v) is 2.90. The lowest BCUT2D eigenvalue weighted by Gasteiger charge is -2.38. The van der Waals surface area contributed by atoms with E-state index in [1.54, 1.807) is 0 Å². The predicted molar refractivity (Wildman–Crippen MR) is 69.5 cm³/mol. The van der Waals surface area contributed by atoms with Gasteiger partial charge in [0.25, 0.3) is 5.91 Å². The van der Waals surface area contributed by atoms with Crippen LogP contribution in [0.4, 0.5) is 10.7 Å². The molecule has 0 saturated carbocycles. The number of rotatable bonds is 2. The molecule has 2 heterocycles. The van der Waals surface area contributed by atoms with Crippen molar-refractivity contribution in [3.63, 3.8) is 0 Å². The lowest BCUT2D eigenvalue weighted by atomic mass is 10.1. The molecular formula is C11H17N3O2S. The van der Waals surface area contributed by atoms with E-state index < -0.39 is 5.91 Å². The standard InChI is InChI=1S/C11H17N3O2S/c1-11(2)6-14(3-4-16-11)8-5-7(12)9(17-8)10(13)15/h5H,3-4,6,12H2,1-2H3,(H2,13,15). The maximum absolute atomic E-state index is 11.2. The van der Waals surface area contributed by atoms with Gasteiger partial charge in [0.15, 0.2) is 0 Å². The molecule has 1 aliphatic rings. The molecule has 5 nitrogen and oxygen atoms in total. The Morgan fingerprint density at radius 1 is 1.59 bits per heavy atom. The van der Waals surface area contributed by atoms with Gasteiger partial charge in [-0.3, -0.25) is 4.79 Å². The first-order valence-electron chi connectivity index (χ1n) is 5.47. The number of hydrogen-bond acceptors (Lipinski definition) is 5. The second-order valence-electron chi connectivity index (χ2n) is 4.76. The molecule has 0 spiro atoms. The average Bonchev–Trinajstić information content (AvgIpc) is 2.59. The normalized spacial score (nSPS) is 19.3. The summed E-state index contributed by atoms with van der Waals surface area (Å²) >= 11 is 1.35. The highest BCUT2D eigenvalue weighted by molar-refractivity contribution is 7.18. The van der Waals surface area contributed by atoms with Crippen molar-refractivity contribution in [1.82, 2.24) is 0 Å². The summed E-state index contributed by atoms with van der Waals surface area (Å²) in [7, 11) is 0. The molecule has 1 aromatic rings. The van der Waals surface area contributed by atoms with Crippen molar-refractivity contribution in [2.45, 2.75) is 19.4 Å². The minimum absolute atomic E-state index is 0.177. The first kappa shape index (κ1) is 12.2. The maximum atomic E-state index is 11.2. The molecule has 0 atom stereocenters. The number of carbonyl (C=O) groups excluding carboxylic acids is 1. The van der Waals surface area contributed by atoms with Gasteiger partial charge >= 0.3 is 0 Å². The minimum Gasteiger partial charge on any atom is -0.397 e. The van der Waals surface area contributed by atoms with Crippen LogP contribution < -0.4 is 16.4 Å². The van der Waals surface area contributed by atoms with Crippen molar-refractivity contribution in [2.75, 3.05) is 30.3 Å². The molecule has 94 valence electrons. The van der Waals surface area contributed by atoms with Gasteiger partial charge in [-0.15, -0.1) is 11.3 Å². The van der Waals surface area contributed by atoms with E-state index in [0.717, 1.165) is 18.1 Å². The van der Waals surface area contributed by atoms with Crippen LogP contribution >= 0.6 is 11.3 Å². The van der Waals surface area contributed by atoms with Crippen LogP contribution in [0.1, 0.15) is 23.5 Å². The molecule has 4 N–H and O–H groups in total. The smallest absolute Gasteiger partial charge is 0.260 e. The van der Waals surface area contributed by atoms with Crippen LogP contribution in [0.5, 0.6) is 0 Å². The summed E-state index contributed by atoms with van der Waals surface area (Å²) in [4.78, 5) is 13.8. The first-order valence-corrected chi connectivity index (χ1v) is 6.29. The highest BCUT2D eigenvalue weighted by Crippen LogP contribution is 2.34. The van der Waals surface area contributed by atoms with Crippen molar-refractivity contribution in [2.24, 2.45) is 5.73 Å². The van der Waals surface area contributed by atoms with E-state index >= 15 is 0 Å². The van der Waals surface area contributed by atoms with Gasteiger partial charge in [-0.1, -0.05) is 0 Å². The van der Waals surface area contributed by atoms with Crippen LogP contribution in [-0.2, 0) is 4.74 Å². The first-order chi connectivity index (χ1) is 7.89. The van der Waals surface area contributed by atoms with E-state index in [1.807, 2.05) is 19.9 Å². The topological polar surface area (TPSA) is 81.6 Å². The van der Waals surface area contributed by atoms with Gasteiger partial charge in [-0.05, 0) is 19.9 Å². The molecule has 0 aliphatic carbocycles. The summed E-state index contributed by atoms with van der Waals surface area (Å²) < 4.78 is 5.64. The summed E-state index contributed by atoms with van der Waals surface area (Å²) in [6.07, 6.45) is 0. The molecule has 0 aromatic carbocycles. The summed E-state index contributed by atoms with van der Waals surface area (Å²) in [5, 5.41) is 0.979. The second kappa shape index (κ2) is 4.19. The number of hydrogen-bond donors (Lipinski definition) is 2. The van der Waals surface area contributed by atoms with E-state index in [0.29, 0.717) is 17.2 Å². The Kier molecular flexibility index (Phi) is 3.01. The van der Waals surface area contributed by atoms with E-state index in [1.165, 1.54) is 11.3 Å². The third kappa shape index (κ3) is 2.53. The summed E-state index contributed by atoms with van der Waals surface area (Å²) in [6, 6.07) is 1.81. The fourth-order valence-electron chi connectivity index (χ4n) is 1.94. The van der Waals surface area contributed by atoms with Gasteiger partial charge in [-0.25, -0.2) is 0 Å². The van der Waals surface area contributed by atoms with Crippen LogP contribution in [-0.4, -0.2) is 31.2 Å². The number of amides is 1. The summed E-state index contributed by atoms with van der Waals surface area (Å²) in [5.74, 6) is -0.466. The highest BCUT2D eigenvalue weighted by atomic mass is 32.1. The molecule has 1 amide bonds. The Morgan fingerprint density at radius 2 is 2.29 bits per heavy atom. The molecule has 1 fully saturated rings. The van der Waals surface area contributed by atoms with Crippen LogP contribution in [0, 0.1) is 0 Å². The summed E-state index contributed by atoms with van der Waals surface area (Å²) in [6.45, 7) is 6.36. The number of morpholine rings is 1. The SMILES string of the molecule is CC1(C)CN(c2cc(N)c(C(N)=O)s2)CCO1. The van der Waals surface area contributed by atoms with E-state index in [-0.39, 0.29) is 5.60 Å². The van der Waals surface area contributed by atoms with Crippen LogP contribution in [0.15, 0.2) is 6.07 Å². The van der Waals surface area contributed by atoms with Gasteiger partial charge in [-0.2, -0.15) is 0 Å². The van der Waals surface area contributed by atoms with Crippen molar-refractivity contribution in [3.05, 3.63) is 10.9 Å². The molecule has 1 saturated heterocycles. The Bertz CT molecular complexity index is 442. The number of anilines is 2. The van der Waals surface area contributed by atoms with Crippen LogP contribution in [0.25, 0.3) is 0 Å². The Balaban J connectivity index is 2.22. The maximum Gasteiger partial charge on any atom is 0.260 e. The summed E-state index contributed by atoms with van der Waals surface area (Å²) in [5.41, 5.74) is 11.3. The zero-order valence-corrected chi connectivity index (χ0v) is 10.8. The van der Waals surface area contributed by atoms with E-state index in [9.17, 15) is 4.79 Å². The van der Waals surface area contributed by atoms with Crippen molar-refractivity contribution >= 4 is 27.9 Å².